The summed E-state index contributed by atoms with van der Waals surface area (Å²) in [5.41, 5.74) is 3.10. The molecule has 39 heavy (non-hydrogen) atoms. The molecule has 1 saturated heterocycles. The lowest BCUT2D eigenvalue weighted by atomic mass is 9.85. The quantitative estimate of drug-likeness (QED) is 0.310. The van der Waals surface area contributed by atoms with Crippen LogP contribution < -0.4 is 14.8 Å². The number of ether oxygens (including phenoxy) is 2. The van der Waals surface area contributed by atoms with Crippen molar-refractivity contribution in [1.29, 1.82) is 5.26 Å². The Bertz CT molecular complexity index is 1380. The van der Waals surface area contributed by atoms with Gasteiger partial charge in [-0.1, -0.05) is 74.0 Å². The second-order valence-corrected chi connectivity index (χ2v) is 11.1. The lowest BCUT2D eigenvalue weighted by Crippen LogP contribution is -2.48. The maximum atomic E-state index is 13.8. The Balaban J connectivity index is 1.38. The smallest absolute Gasteiger partial charge is 0.262 e. The monoisotopic (exact) mass is 539 g/mol. The Labute approximate surface area is 234 Å². The second kappa shape index (κ2) is 12.3. The van der Waals surface area contributed by atoms with Crippen LogP contribution in [0.3, 0.4) is 0 Å². The summed E-state index contributed by atoms with van der Waals surface area (Å²) in [6.45, 7) is 2.53. The maximum Gasteiger partial charge on any atom is 0.262 e. The van der Waals surface area contributed by atoms with E-state index in [1.165, 1.54) is 6.42 Å². The molecular weight excluding hydrogens is 506 g/mol. The molecule has 6 nitrogen and oxygen atoms in total. The van der Waals surface area contributed by atoms with E-state index in [9.17, 15) is 10.1 Å². The third-order valence-corrected chi connectivity index (χ3v) is 8.55. The van der Waals surface area contributed by atoms with Gasteiger partial charge in [0.15, 0.2) is 17.0 Å². The number of para-hydroxylation sites is 1. The normalized spacial score (nSPS) is 22.0. The highest BCUT2D eigenvalue weighted by molar-refractivity contribution is 8.05. The first-order valence-electron chi connectivity index (χ1n) is 13.4. The summed E-state index contributed by atoms with van der Waals surface area (Å²) in [5, 5.41) is 12.9. The van der Waals surface area contributed by atoms with Gasteiger partial charge in [-0.15, -0.1) is 0 Å². The van der Waals surface area contributed by atoms with Crippen LogP contribution in [0.5, 0.6) is 11.5 Å². The van der Waals surface area contributed by atoms with Crippen molar-refractivity contribution < 1.29 is 14.3 Å². The Morgan fingerprint density at radius 2 is 1.82 bits per heavy atom. The molecular formula is C32H33N3O3S. The molecule has 0 aromatic heterocycles. The molecule has 2 fully saturated rings. The predicted octanol–water partition coefficient (Wildman–Crippen LogP) is 7.04. The molecule has 1 unspecified atom stereocenters. The first-order valence-corrected chi connectivity index (χ1v) is 14.3. The van der Waals surface area contributed by atoms with Crippen LogP contribution in [0.4, 0.5) is 5.69 Å². The summed E-state index contributed by atoms with van der Waals surface area (Å²) in [6.07, 6.45) is 6.49. The van der Waals surface area contributed by atoms with Crippen molar-refractivity contribution in [3.8, 4) is 17.6 Å². The minimum atomic E-state index is -0.165. The molecule has 2 aliphatic rings. The number of anilines is 1. The van der Waals surface area contributed by atoms with Crippen molar-refractivity contribution in [3.63, 3.8) is 0 Å². The van der Waals surface area contributed by atoms with E-state index >= 15 is 0 Å². The standard InChI is InChI=1S/C32H33N3O3S/c1-22-10-6-9-15-27(22)35-31(36)30(39-32(35)34-26-13-4-3-5-14-26)19-23-16-17-28(29(18-23)37-2)38-21-25-12-8-7-11-24(25)20-33/h3-5,7-8,11-14,16-19,22,27,32,34H,6,9-10,15,21H2,1-2H3/b30-19-/t22-,27-,32?/m0/s1. The number of hydrogen-bond acceptors (Lipinski definition) is 6. The number of amides is 1. The zero-order chi connectivity index (χ0) is 27.2. The first kappa shape index (κ1) is 26.7. The van der Waals surface area contributed by atoms with Gasteiger partial charge in [-0.05, 0) is 60.7 Å². The van der Waals surface area contributed by atoms with Crippen molar-refractivity contribution in [2.45, 2.75) is 50.8 Å². The number of methoxy groups -OCH3 is 1. The molecule has 0 spiro atoms. The average molecular weight is 540 g/mol. The van der Waals surface area contributed by atoms with Crippen LogP contribution in [-0.2, 0) is 11.4 Å². The van der Waals surface area contributed by atoms with E-state index in [0.717, 1.165) is 36.1 Å². The number of hydrogen-bond donors (Lipinski definition) is 1. The molecule has 1 amide bonds. The van der Waals surface area contributed by atoms with Crippen LogP contribution in [0.2, 0.25) is 0 Å². The van der Waals surface area contributed by atoms with Gasteiger partial charge in [0.2, 0.25) is 0 Å². The number of carbonyl (C=O) groups excluding carboxylic acids is 1. The van der Waals surface area contributed by atoms with Gasteiger partial charge in [0.25, 0.3) is 5.91 Å². The van der Waals surface area contributed by atoms with Gasteiger partial charge < -0.3 is 19.7 Å². The van der Waals surface area contributed by atoms with Gasteiger partial charge in [-0.2, -0.15) is 5.26 Å². The average Bonchev–Trinajstić information content (AvgIpc) is 3.26. The van der Waals surface area contributed by atoms with Gasteiger partial charge in [0.05, 0.1) is 23.6 Å². The van der Waals surface area contributed by atoms with Crippen molar-refractivity contribution in [1.82, 2.24) is 4.90 Å². The van der Waals surface area contributed by atoms with Crippen LogP contribution >= 0.6 is 11.8 Å². The molecule has 200 valence electrons. The van der Waals surface area contributed by atoms with E-state index in [2.05, 4.69) is 23.2 Å². The molecule has 1 aliphatic carbocycles. The van der Waals surface area contributed by atoms with E-state index in [0.29, 0.717) is 27.9 Å². The molecule has 7 heteroatoms. The molecule has 3 atom stereocenters. The highest BCUT2D eigenvalue weighted by Gasteiger charge is 2.42. The van der Waals surface area contributed by atoms with E-state index in [-0.39, 0.29) is 24.1 Å². The molecule has 1 saturated carbocycles. The molecule has 1 aliphatic heterocycles. The number of rotatable bonds is 8. The minimum absolute atomic E-state index is 0.0691. The zero-order valence-corrected chi connectivity index (χ0v) is 23.1. The third kappa shape index (κ3) is 6.07. The Morgan fingerprint density at radius 1 is 1.05 bits per heavy atom. The molecule has 3 aromatic rings. The van der Waals surface area contributed by atoms with Crippen LogP contribution in [0.1, 0.15) is 49.3 Å². The lowest BCUT2D eigenvalue weighted by Gasteiger charge is -2.39. The lowest BCUT2D eigenvalue weighted by molar-refractivity contribution is -0.129. The van der Waals surface area contributed by atoms with E-state index in [1.807, 2.05) is 72.8 Å². The maximum absolute atomic E-state index is 13.8. The first-order chi connectivity index (χ1) is 19.1. The van der Waals surface area contributed by atoms with Crippen molar-refractivity contribution in [3.05, 3.63) is 94.4 Å². The van der Waals surface area contributed by atoms with Crippen LogP contribution in [0, 0.1) is 17.2 Å². The predicted molar refractivity (Wildman–Crippen MR) is 156 cm³/mol. The van der Waals surface area contributed by atoms with Gasteiger partial charge in [0.1, 0.15) is 6.61 Å². The molecule has 1 N–H and O–H groups in total. The van der Waals surface area contributed by atoms with Crippen LogP contribution in [-0.4, -0.2) is 29.5 Å². The van der Waals surface area contributed by atoms with Crippen molar-refractivity contribution >= 4 is 29.4 Å². The van der Waals surface area contributed by atoms with Crippen LogP contribution in [0.15, 0.2) is 77.7 Å². The summed E-state index contributed by atoms with van der Waals surface area (Å²) in [4.78, 5) is 16.6. The Hall–Kier alpha value is -3.89. The largest absolute Gasteiger partial charge is 0.493 e. The number of nitrogens with one attached hydrogen (secondary N) is 1. The summed E-state index contributed by atoms with van der Waals surface area (Å²) in [7, 11) is 1.60. The highest BCUT2D eigenvalue weighted by atomic mass is 32.2. The fourth-order valence-corrected chi connectivity index (χ4v) is 6.53. The SMILES string of the molecule is COc1cc(/C=C2\SC(Nc3ccccc3)N([C@H]3CCCC[C@@H]3C)C2=O)ccc1OCc1ccccc1C#N. The Morgan fingerprint density at radius 3 is 2.59 bits per heavy atom. The molecule has 0 radical (unpaired) electrons. The number of carbonyl (C=O) groups is 1. The molecule has 1 heterocycles. The summed E-state index contributed by atoms with van der Waals surface area (Å²) in [6, 6.07) is 25.5. The zero-order valence-electron chi connectivity index (χ0n) is 22.3. The number of nitrogens with zero attached hydrogens (tertiary/aromatic N) is 2. The van der Waals surface area contributed by atoms with E-state index in [1.54, 1.807) is 24.9 Å². The summed E-state index contributed by atoms with van der Waals surface area (Å²) in [5.74, 6) is 1.69. The number of thioether (sulfide) groups is 1. The fraction of sp³-hybridized carbons (Fsp3) is 0.312. The molecule has 3 aromatic carbocycles. The van der Waals surface area contributed by atoms with Gasteiger partial charge in [-0.25, -0.2) is 0 Å². The van der Waals surface area contributed by atoms with E-state index in [4.69, 9.17) is 9.47 Å². The van der Waals surface area contributed by atoms with Gasteiger partial charge >= 0.3 is 0 Å². The van der Waals surface area contributed by atoms with Crippen molar-refractivity contribution in [2.24, 2.45) is 5.92 Å². The topological polar surface area (TPSA) is 74.6 Å². The second-order valence-electron chi connectivity index (χ2n) is 10.00. The van der Waals surface area contributed by atoms with Gasteiger partial charge in [0, 0.05) is 17.3 Å². The number of benzene rings is 3. The van der Waals surface area contributed by atoms with E-state index < -0.39 is 0 Å². The molecule has 0 bridgehead atoms. The third-order valence-electron chi connectivity index (χ3n) is 7.43. The van der Waals surface area contributed by atoms with Gasteiger partial charge in [-0.3, -0.25) is 4.79 Å². The van der Waals surface area contributed by atoms with Crippen LogP contribution in [0.25, 0.3) is 6.08 Å². The minimum Gasteiger partial charge on any atom is -0.493 e. The summed E-state index contributed by atoms with van der Waals surface area (Å²) >= 11 is 1.57. The highest BCUT2D eigenvalue weighted by Crippen LogP contribution is 2.42. The summed E-state index contributed by atoms with van der Waals surface area (Å²) < 4.78 is 11.6. The molecule has 5 rings (SSSR count). The Kier molecular flexibility index (Phi) is 8.43. The number of nitriles is 1. The fourth-order valence-electron chi connectivity index (χ4n) is 5.32. The van der Waals surface area contributed by atoms with Crippen molar-refractivity contribution in [2.75, 3.05) is 12.4 Å².